The number of nitrogens with one attached hydrogen (secondary N) is 1. The zero-order valence-corrected chi connectivity index (χ0v) is 11.5. The highest BCUT2D eigenvalue weighted by Crippen LogP contribution is 2.30. The minimum Gasteiger partial charge on any atom is -0.308 e. The van der Waals surface area contributed by atoms with E-state index < -0.39 is 0 Å². The van der Waals surface area contributed by atoms with Crippen LogP contribution in [0.5, 0.6) is 0 Å². The number of aryl methyl sites for hydroxylation is 1. The van der Waals surface area contributed by atoms with Gasteiger partial charge in [0, 0.05) is 16.0 Å². The summed E-state index contributed by atoms with van der Waals surface area (Å²) in [7, 11) is 1.94. The second kappa shape index (κ2) is 5.03. The molecule has 0 aliphatic rings. The lowest BCUT2D eigenvalue weighted by molar-refractivity contribution is 0.664. The summed E-state index contributed by atoms with van der Waals surface area (Å²) in [6, 6.07) is 2.06. The van der Waals surface area contributed by atoms with E-state index in [1.54, 1.807) is 17.5 Å². The van der Waals surface area contributed by atoms with Crippen molar-refractivity contribution >= 4 is 27.3 Å². The Hall–Kier alpha value is -0.780. The van der Waals surface area contributed by atoms with E-state index >= 15 is 0 Å². The Morgan fingerprint density at radius 1 is 1.44 bits per heavy atom. The SMILES string of the molecule is CNC(c1ccnc(C)n1)c1cscc1Br. The van der Waals surface area contributed by atoms with E-state index in [2.05, 4.69) is 42.0 Å². The molecule has 0 saturated carbocycles. The van der Waals surface area contributed by atoms with Crippen molar-refractivity contribution in [2.45, 2.75) is 13.0 Å². The molecular formula is C11H12BrN3S. The third-order valence-electron chi connectivity index (χ3n) is 2.34. The molecule has 5 heteroatoms. The summed E-state index contributed by atoms with van der Waals surface area (Å²) >= 11 is 5.23. The van der Waals surface area contributed by atoms with E-state index in [0.717, 1.165) is 16.0 Å². The average Bonchev–Trinajstić information content (AvgIpc) is 2.67. The van der Waals surface area contributed by atoms with Gasteiger partial charge in [0.2, 0.25) is 0 Å². The van der Waals surface area contributed by atoms with Gasteiger partial charge in [-0.3, -0.25) is 0 Å². The monoisotopic (exact) mass is 297 g/mol. The number of aromatic nitrogens is 2. The lowest BCUT2D eigenvalue weighted by Gasteiger charge is -2.15. The lowest BCUT2D eigenvalue weighted by Crippen LogP contribution is -2.19. The Balaban J connectivity index is 2.40. The standard InChI is InChI=1S/C11H12BrN3S/c1-7-14-4-3-10(15-7)11(13-2)8-5-16-6-9(8)12/h3-6,11,13H,1-2H3. The predicted octanol–water partition coefficient (Wildman–Crippen LogP) is 2.92. The molecule has 3 nitrogen and oxygen atoms in total. The van der Waals surface area contributed by atoms with E-state index in [1.165, 1.54) is 5.56 Å². The first-order chi connectivity index (χ1) is 7.72. The van der Waals surface area contributed by atoms with E-state index in [1.807, 2.05) is 20.0 Å². The van der Waals surface area contributed by atoms with Crippen LogP contribution in [0.3, 0.4) is 0 Å². The molecular weight excluding hydrogens is 286 g/mol. The largest absolute Gasteiger partial charge is 0.308 e. The molecule has 2 rings (SSSR count). The summed E-state index contributed by atoms with van der Waals surface area (Å²) in [4.78, 5) is 8.56. The third-order valence-corrected chi connectivity index (χ3v) is 4.09. The van der Waals surface area contributed by atoms with Gasteiger partial charge < -0.3 is 5.32 Å². The van der Waals surface area contributed by atoms with Crippen LogP contribution in [0.1, 0.15) is 23.1 Å². The molecule has 1 N–H and O–H groups in total. The summed E-state index contributed by atoms with van der Waals surface area (Å²) in [5.74, 6) is 0.795. The molecule has 0 aromatic carbocycles. The minimum absolute atomic E-state index is 0.113. The van der Waals surface area contributed by atoms with Gasteiger partial charge in [0.25, 0.3) is 0 Å². The zero-order chi connectivity index (χ0) is 11.5. The maximum Gasteiger partial charge on any atom is 0.125 e. The van der Waals surface area contributed by atoms with Gasteiger partial charge in [0.05, 0.1) is 11.7 Å². The molecule has 1 unspecified atom stereocenters. The first-order valence-electron chi connectivity index (χ1n) is 4.90. The van der Waals surface area contributed by atoms with Crippen LogP contribution in [0.25, 0.3) is 0 Å². The Labute approximate surface area is 107 Å². The number of hydrogen-bond donors (Lipinski definition) is 1. The van der Waals surface area contributed by atoms with Crippen LogP contribution in [0, 0.1) is 6.92 Å². The van der Waals surface area contributed by atoms with Crippen molar-refractivity contribution in [2.75, 3.05) is 7.05 Å². The van der Waals surface area contributed by atoms with E-state index in [0.29, 0.717) is 0 Å². The van der Waals surface area contributed by atoms with Crippen molar-refractivity contribution in [2.24, 2.45) is 0 Å². The average molecular weight is 298 g/mol. The van der Waals surface area contributed by atoms with Crippen LogP contribution >= 0.6 is 27.3 Å². The van der Waals surface area contributed by atoms with Gasteiger partial charge in [-0.25, -0.2) is 9.97 Å². The summed E-state index contributed by atoms with van der Waals surface area (Å²) in [6.07, 6.45) is 1.79. The molecule has 0 radical (unpaired) electrons. The van der Waals surface area contributed by atoms with Crippen molar-refractivity contribution in [3.05, 3.63) is 44.6 Å². The molecule has 2 aromatic rings. The highest BCUT2D eigenvalue weighted by Gasteiger charge is 2.17. The van der Waals surface area contributed by atoms with Crippen molar-refractivity contribution in [1.29, 1.82) is 0 Å². The van der Waals surface area contributed by atoms with Crippen molar-refractivity contribution < 1.29 is 0 Å². The van der Waals surface area contributed by atoms with Gasteiger partial charge in [0.15, 0.2) is 0 Å². The molecule has 16 heavy (non-hydrogen) atoms. The summed E-state index contributed by atoms with van der Waals surface area (Å²) in [5.41, 5.74) is 2.21. The molecule has 2 aromatic heterocycles. The molecule has 0 bridgehead atoms. The van der Waals surface area contributed by atoms with Gasteiger partial charge >= 0.3 is 0 Å². The normalized spacial score (nSPS) is 12.7. The maximum absolute atomic E-state index is 4.45. The topological polar surface area (TPSA) is 37.8 Å². The van der Waals surface area contributed by atoms with E-state index in [4.69, 9.17) is 0 Å². The minimum atomic E-state index is 0.113. The highest BCUT2D eigenvalue weighted by atomic mass is 79.9. The predicted molar refractivity (Wildman–Crippen MR) is 69.7 cm³/mol. The summed E-state index contributed by atoms with van der Waals surface area (Å²) in [5, 5.41) is 7.48. The van der Waals surface area contributed by atoms with E-state index in [-0.39, 0.29) is 6.04 Å². The third kappa shape index (κ3) is 2.31. The van der Waals surface area contributed by atoms with Crippen LogP contribution in [0.2, 0.25) is 0 Å². The number of thiophene rings is 1. The van der Waals surface area contributed by atoms with Gasteiger partial charge in [-0.15, -0.1) is 0 Å². The van der Waals surface area contributed by atoms with Crippen LogP contribution in [-0.2, 0) is 0 Å². The molecule has 0 fully saturated rings. The molecule has 0 aliphatic carbocycles. The van der Waals surface area contributed by atoms with Crippen LogP contribution in [-0.4, -0.2) is 17.0 Å². The zero-order valence-electron chi connectivity index (χ0n) is 9.07. The molecule has 0 amide bonds. The molecule has 0 saturated heterocycles. The fourth-order valence-corrected chi connectivity index (χ4v) is 3.15. The molecule has 2 heterocycles. The Kier molecular flexibility index (Phi) is 3.68. The van der Waals surface area contributed by atoms with Gasteiger partial charge in [0.1, 0.15) is 5.82 Å². The van der Waals surface area contributed by atoms with E-state index in [9.17, 15) is 0 Å². The van der Waals surface area contributed by atoms with Crippen molar-refractivity contribution in [1.82, 2.24) is 15.3 Å². The number of rotatable bonds is 3. The molecule has 1 atom stereocenters. The van der Waals surface area contributed by atoms with Crippen LogP contribution < -0.4 is 5.32 Å². The molecule has 84 valence electrons. The Morgan fingerprint density at radius 3 is 2.81 bits per heavy atom. The van der Waals surface area contributed by atoms with Crippen molar-refractivity contribution in [3.8, 4) is 0 Å². The first kappa shape index (κ1) is 11.7. The maximum atomic E-state index is 4.45. The Morgan fingerprint density at radius 2 is 2.25 bits per heavy atom. The number of halogens is 1. The van der Waals surface area contributed by atoms with Gasteiger partial charge in [-0.2, -0.15) is 11.3 Å². The fraction of sp³-hybridized carbons (Fsp3) is 0.273. The molecule has 0 spiro atoms. The second-order valence-electron chi connectivity index (χ2n) is 3.43. The fourth-order valence-electron chi connectivity index (χ4n) is 1.60. The second-order valence-corrected chi connectivity index (χ2v) is 5.02. The number of hydrogen-bond acceptors (Lipinski definition) is 4. The van der Waals surface area contributed by atoms with Gasteiger partial charge in [-0.05, 0) is 46.9 Å². The molecule has 0 aliphatic heterocycles. The Bertz CT molecular complexity index is 484. The van der Waals surface area contributed by atoms with Crippen LogP contribution in [0.15, 0.2) is 27.5 Å². The van der Waals surface area contributed by atoms with Crippen LogP contribution in [0.4, 0.5) is 0 Å². The summed E-state index contributed by atoms with van der Waals surface area (Å²) in [6.45, 7) is 1.90. The quantitative estimate of drug-likeness (QED) is 0.947. The van der Waals surface area contributed by atoms with Gasteiger partial charge in [-0.1, -0.05) is 0 Å². The number of nitrogens with zero attached hydrogens (tertiary/aromatic N) is 2. The lowest BCUT2D eigenvalue weighted by atomic mass is 10.1. The van der Waals surface area contributed by atoms with Crippen molar-refractivity contribution in [3.63, 3.8) is 0 Å². The smallest absolute Gasteiger partial charge is 0.125 e. The highest BCUT2D eigenvalue weighted by molar-refractivity contribution is 9.10. The first-order valence-corrected chi connectivity index (χ1v) is 6.64. The summed E-state index contributed by atoms with van der Waals surface area (Å²) < 4.78 is 1.12.